The molecule has 6 nitrogen and oxygen atoms in total. The topological polar surface area (TPSA) is 113 Å². The van der Waals surface area contributed by atoms with E-state index in [0.717, 1.165) is 43.3 Å². The summed E-state index contributed by atoms with van der Waals surface area (Å²) in [5.41, 5.74) is 7.96. The van der Waals surface area contributed by atoms with Crippen LogP contribution in [-0.4, -0.2) is 52.2 Å². The minimum absolute atomic E-state index is 0.103. The van der Waals surface area contributed by atoms with E-state index in [9.17, 15) is 20.1 Å². The first kappa shape index (κ1) is 29.1. The van der Waals surface area contributed by atoms with Crippen molar-refractivity contribution in [2.75, 3.05) is 13.2 Å². The van der Waals surface area contributed by atoms with E-state index in [1.165, 1.54) is 5.57 Å². The van der Waals surface area contributed by atoms with E-state index in [1.807, 2.05) is 0 Å². The van der Waals surface area contributed by atoms with E-state index in [2.05, 4.69) is 32.6 Å². The maximum atomic E-state index is 13.1. The van der Waals surface area contributed by atoms with Gasteiger partial charge < -0.3 is 25.8 Å². The monoisotopic (exact) mass is 503 g/mol. The van der Waals surface area contributed by atoms with E-state index < -0.39 is 17.8 Å². The highest BCUT2D eigenvalue weighted by molar-refractivity contribution is 5.72. The predicted octanol–water partition coefficient (Wildman–Crippen LogP) is 4.43. The van der Waals surface area contributed by atoms with Gasteiger partial charge >= 0.3 is 5.97 Å². The van der Waals surface area contributed by atoms with Crippen LogP contribution in [0.25, 0.3) is 0 Å². The van der Waals surface area contributed by atoms with Crippen LogP contribution in [0.2, 0.25) is 0 Å². The molecule has 204 valence electrons. The number of allylic oxidation sites excluding steroid dienone is 3. The smallest absolute Gasteiger partial charge is 0.309 e. The lowest BCUT2D eigenvalue weighted by molar-refractivity contribution is -0.152. The van der Waals surface area contributed by atoms with Gasteiger partial charge in [-0.1, -0.05) is 38.2 Å². The van der Waals surface area contributed by atoms with Gasteiger partial charge in [-0.15, -0.1) is 0 Å². The van der Waals surface area contributed by atoms with Gasteiger partial charge in [-0.3, -0.25) is 4.79 Å². The van der Waals surface area contributed by atoms with Gasteiger partial charge in [-0.25, -0.2) is 0 Å². The number of fused-ring (bicyclic) bond motifs is 1. The molecule has 0 bridgehead atoms. The van der Waals surface area contributed by atoms with Crippen LogP contribution in [0.1, 0.15) is 85.5 Å². The van der Waals surface area contributed by atoms with Gasteiger partial charge in [-0.2, -0.15) is 0 Å². The van der Waals surface area contributed by atoms with Crippen molar-refractivity contribution in [3.63, 3.8) is 0 Å². The Labute approximate surface area is 217 Å². The second kappa shape index (κ2) is 11.9. The van der Waals surface area contributed by atoms with Crippen molar-refractivity contribution in [2.24, 2.45) is 34.8 Å². The maximum Gasteiger partial charge on any atom is 0.309 e. The third-order valence-corrected chi connectivity index (χ3v) is 9.30. The van der Waals surface area contributed by atoms with Gasteiger partial charge in [0.15, 0.2) is 0 Å². The second-order valence-electron chi connectivity index (χ2n) is 12.4. The first-order valence-electron chi connectivity index (χ1n) is 13.9. The maximum absolute atomic E-state index is 13.1. The zero-order valence-electron chi connectivity index (χ0n) is 22.8. The van der Waals surface area contributed by atoms with Crippen molar-refractivity contribution in [1.29, 1.82) is 0 Å². The molecule has 0 radical (unpaired) electrons. The fourth-order valence-corrected chi connectivity index (χ4v) is 7.26. The number of hydrogen-bond acceptors (Lipinski definition) is 6. The molecule has 0 aliphatic heterocycles. The number of carbonyl (C=O) groups excluding carboxylic acids is 1. The van der Waals surface area contributed by atoms with Crippen LogP contribution in [0.4, 0.5) is 0 Å². The van der Waals surface area contributed by atoms with Crippen molar-refractivity contribution in [2.45, 2.75) is 103 Å². The standard InChI is InChI=1S/C30H49NO5/c1-19-22(17-23(32)18-27(19)33)9-8-21-7-6-13-30(5)25(10-11-26(21)30)20(2)24(12-14-29(3,4)35)28(34)36-16-15-31/h8-9,20,23-27,32-33,35H,1,6-7,10-18,31H2,2-5H3/b21-8+,22-9-/t20-,23-,24?,25-,26+,27+,30-/m1/s1. The quantitative estimate of drug-likeness (QED) is 0.346. The van der Waals surface area contributed by atoms with Gasteiger partial charge in [0.25, 0.3) is 0 Å². The van der Waals surface area contributed by atoms with Crippen molar-refractivity contribution < 1.29 is 24.9 Å². The number of hydrogen-bond donors (Lipinski definition) is 4. The normalized spacial score (nSPS) is 35.1. The zero-order chi connectivity index (χ0) is 26.7. The summed E-state index contributed by atoms with van der Waals surface area (Å²) in [6.45, 7) is 12.8. The SMILES string of the molecule is C=C1/C(=C\C=C2/CCC[C@]3(C)[C@@H]([C@H](C)C(CCC(C)(C)O)C(=O)OCCN)CC[C@@H]23)C[C@@H](O)C[C@@H]1O. The third kappa shape index (κ3) is 6.69. The van der Waals surface area contributed by atoms with Crippen LogP contribution in [0.3, 0.4) is 0 Å². The molecule has 1 unspecified atom stereocenters. The molecule has 0 saturated heterocycles. The van der Waals surface area contributed by atoms with Gasteiger partial charge in [0.05, 0.1) is 23.7 Å². The summed E-state index contributed by atoms with van der Waals surface area (Å²) >= 11 is 0. The number of carbonyl (C=O) groups is 1. The fraction of sp³-hybridized carbons (Fsp3) is 0.767. The largest absolute Gasteiger partial charge is 0.464 e. The molecule has 36 heavy (non-hydrogen) atoms. The van der Waals surface area contributed by atoms with Gasteiger partial charge in [0, 0.05) is 13.0 Å². The molecule has 0 aromatic rings. The summed E-state index contributed by atoms with van der Waals surface area (Å²) < 4.78 is 5.51. The summed E-state index contributed by atoms with van der Waals surface area (Å²) in [5, 5.41) is 30.7. The van der Waals surface area contributed by atoms with Gasteiger partial charge in [-0.05, 0) is 99.5 Å². The average molecular weight is 504 g/mol. The van der Waals surface area contributed by atoms with Crippen molar-refractivity contribution in [3.8, 4) is 0 Å². The average Bonchev–Trinajstić information content (AvgIpc) is 3.15. The van der Waals surface area contributed by atoms with Crippen molar-refractivity contribution >= 4 is 5.97 Å². The molecule has 3 aliphatic carbocycles. The van der Waals surface area contributed by atoms with E-state index in [0.29, 0.717) is 44.1 Å². The van der Waals surface area contributed by atoms with E-state index in [4.69, 9.17) is 10.5 Å². The van der Waals surface area contributed by atoms with E-state index in [1.54, 1.807) is 13.8 Å². The van der Waals surface area contributed by atoms with Crippen LogP contribution < -0.4 is 5.73 Å². The molecule has 0 heterocycles. The van der Waals surface area contributed by atoms with Gasteiger partial charge in [0.2, 0.25) is 0 Å². The fourth-order valence-electron chi connectivity index (χ4n) is 7.26. The Bertz CT molecular complexity index is 856. The number of rotatable bonds is 9. The minimum Gasteiger partial charge on any atom is -0.464 e. The van der Waals surface area contributed by atoms with Crippen LogP contribution >= 0.6 is 0 Å². The molecule has 3 rings (SSSR count). The van der Waals surface area contributed by atoms with Crippen LogP contribution in [0.5, 0.6) is 0 Å². The molecule has 3 fully saturated rings. The summed E-state index contributed by atoms with van der Waals surface area (Å²) in [4.78, 5) is 13.1. The second-order valence-corrected chi connectivity index (χ2v) is 12.4. The number of aliphatic hydroxyl groups excluding tert-OH is 2. The summed E-state index contributed by atoms with van der Waals surface area (Å²) in [6.07, 6.45) is 10.6. The first-order valence-corrected chi connectivity index (χ1v) is 13.9. The van der Waals surface area contributed by atoms with Crippen molar-refractivity contribution in [3.05, 3.63) is 35.5 Å². The number of aliphatic hydroxyl groups is 3. The van der Waals surface area contributed by atoms with E-state index in [-0.39, 0.29) is 29.8 Å². The Balaban J connectivity index is 1.81. The van der Waals surface area contributed by atoms with Crippen molar-refractivity contribution in [1.82, 2.24) is 0 Å². The summed E-state index contributed by atoms with van der Waals surface area (Å²) in [5.74, 6) is 0.553. The molecule has 0 amide bonds. The molecule has 7 atom stereocenters. The van der Waals surface area contributed by atoms with Crippen LogP contribution in [0.15, 0.2) is 35.5 Å². The number of nitrogens with two attached hydrogens (primary N) is 1. The van der Waals surface area contributed by atoms with E-state index >= 15 is 0 Å². The molecular weight excluding hydrogens is 454 g/mol. The Kier molecular flexibility index (Phi) is 9.64. The molecule has 0 aromatic heterocycles. The summed E-state index contributed by atoms with van der Waals surface area (Å²) in [7, 11) is 0. The minimum atomic E-state index is -0.827. The first-order chi connectivity index (χ1) is 16.9. The lowest BCUT2D eigenvalue weighted by Crippen LogP contribution is -2.40. The van der Waals surface area contributed by atoms with Gasteiger partial charge in [0.1, 0.15) is 6.61 Å². The molecule has 5 N–H and O–H groups in total. The van der Waals surface area contributed by atoms with Crippen LogP contribution in [0, 0.1) is 29.1 Å². The summed E-state index contributed by atoms with van der Waals surface area (Å²) in [6, 6.07) is 0. The number of esters is 1. The molecule has 0 aromatic carbocycles. The highest BCUT2D eigenvalue weighted by Gasteiger charge is 2.52. The Morgan fingerprint density at radius 1 is 1.31 bits per heavy atom. The van der Waals surface area contributed by atoms with Crippen LogP contribution in [-0.2, 0) is 9.53 Å². The highest BCUT2D eigenvalue weighted by Crippen LogP contribution is 2.60. The Morgan fingerprint density at radius 2 is 2.03 bits per heavy atom. The third-order valence-electron chi connectivity index (χ3n) is 9.30. The molecule has 3 aliphatic rings. The lowest BCUT2D eigenvalue weighted by Gasteiger charge is -2.45. The number of ether oxygens (including phenoxy) is 1. The molecular formula is C30H49NO5. The molecule has 6 heteroatoms. The highest BCUT2D eigenvalue weighted by atomic mass is 16.5. The Hall–Kier alpha value is -1.47. The molecule has 3 saturated carbocycles. The lowest BCUT2D eigenvalue weighted by atomic mass is 9.59. The predicted molar refractivity (Wildman–Crippen MR) is 143 cm³/mol. The Morgan fingerprint density at radius 3 is 2.69 bits per heavy atom. The molecule has 0 spiro atoms. The zero-order valence-corrected chi connectivity index (χ0v) is 22.8.